The molecule has 1 atom stereocenters. The Morgan fingerprint density at radius 1 is 1.29 bits per heavy atom. The minimum Gasteiger partial charge on any atom is -0.480 e. The predicted molar refractivity (Wildman–Crippen MR) is 76.7 cm³/mol. The molecule has 0 aliphatic rings. The third kappa shape index (κ3) is 4.75. The summed E-state index contributed by atoms with van der Waals surface area (Å²) in [6, 6.07) is 5.55. The van der Waals surface area contributed by atoms with Crippen LogP contribution in [0.15, 0.2) is 24.3 Å². The highest BCUT2D eigenvalue weighted by Crippen LogP contribution is 2.14. The monoisotopic (exact) mass is 315 g/mol. The van der Waals surface area contributed by atoms with Crippen LogP contribution in [-0.4, -0.2) is 37.3 Å². The summed E-state index contributed by atoms with van der Waals surface area (Å²) in [5, 5.41) is 7.14. The van der Waals surface area contributed by atoms with E-state index in [1.54, 1.807) is 0 Å². The average Bonchev–Trinajstić information content (AvgIpc) is 2.44. The molecule has 1 aromatic carbocycles. The van der Waals surface area contributed by atoms with Crippen LogP contribution in [0.1, 0.15) is 30.6 Å². The van der Waals surface area contributed by atoms with Crippen molar-refractivity contribution in [3.05, 3.63) is 29.8 Å². The highest BCUT2D eigenvalue weighted by molar-refractivity contribution is 7.94. The predicted octanol–water partition coefficient (Wildman–Crippen LogP) is 1.47. The molecule has 0 aliphatic carbocycles. The lowest BCUT2D eigenvalue weighted by atomic mass is 10.2. The number of rotatable bonds is 7. The van der Waals surface area contributed by atoms with Crippen molar-refractivity contribution in [2.24, 2.45) is 0 Å². The van der Waals surface area contributed by atoms with Crippen LogP contribution in [0, 0.1) is 0 Å². The lowest BCUT2D eigenvalue weighted by Crippen LogP contribution is -2.32. The fourth-order valence-corrected chi connectivity index (χ4v) is 2.24. The lowest BCUT2D eigenvalue weighted by molar-refractivity contribution is -0.136. The fraction of sp³-hybridized carbons (Fsp3) is 0.385. The number of carboxylic acid groups (broad SMARTS) is 1. The van der Waals surface area contributed by atoms with Crippen molar-refractivity contribution >= 4 is 27.6 Å². The van der Waals surface area contributed by atoms with Gasteiger partial charge in [-0.25, -0.2) is 13.2 Å². The Morgan fingerprint density at radius 3 is 2.33 bits per heavy atom. The molecule has 1 unspecified atom stereocenters. The van der Waals surface area contributed by atoms with Gasteiger partial charge in [-0.1, -0.05) is 6.92 Å². The number of ether oxygens (including phenoxy) is 1. The second kappa shape index (κ2) is 7.07. The van der Waals surface area contributed by atoms with Gasteiger partial charge in [0, 0.05) is 5.69 Å². The summed E-state index contributed by atoms with van der Waals surface area (Å²) in [5.41, 5.74) is 0.466. The van der Waals surface area contributed by atoms with Crippen LogP contribution in [0.3, 0.4) is 0 Å². The number of hydrogen-bond acceptors (Lipinski definition) is 5. The number of benzene rings is 1. The first kappa shape index (κ1) is 17.0. The Balaban J connectivity index is 2.80. The number of nitrogens with one attached hydrogen (secondary N) is 1. The minimum atomic E-state index is -4.03. The maximum absolute atomic E-state index is 11.7. The molecule has 0 heterocycles. The van der Waals surface area contributed by atoms with E-state index < -0.39 is 27.2 Å². The van der Waals surface area contributed by atoms with Crippen LogP contribution >= 0.6 is 0 Å². The minimum absolute atomic E-state index is 0.176. The van der Waals surface area contributed by atoms with Gasteiger partial charge in [-0.15, -0.1) is 0 Å². The maximum Gasteiger partial charge on any atom is 0.338 e. The Kier molecular flexibility index (Phi) is 5.71. The van der Waals surface area contributed by atoms with Gasteiger partial charge >= 0.3 is 11.9 Å². The molecule has 21 heavy (non-hydrogen) atoms. The zero-order chi connectivity index (χ0) is 16.0. The van der Waals surface area contributed by atoms with Gasteiger partial charge in [0.05, 0.1) is 12.2 Å². The molecule has 2 N–H and O–H groups in total. The molecule has 0 radical (unpaired) electrons. The van der Waals surface area contributed by atoms with Gasteiger partial charge in [-0.3, -0.25) is 9.52 Å². The molecule has 0 bridgehead atoms. The molecule has 0 saturated heterocycles. The molecule has 0 aliphatic heterocycles. The fourth-order valence-electron chi connectivity index (χ4n) is 1.34. The van der Waals surface area contributed by atoms with Crippen LogP contribution in [0.25, 0.3) is 0 Å². The Hall–Kier alpha value is -2.09. The van der Waals surface area contributed by atoms with Crippen molar-refractivity contribution in [1.29, 1.82) is 0 Å². The highest BCUT2D eigenvalue weighted by atomic mass is 32.2. The molecule has 7 nitrogen and oxygen atoms in total. The van der Waals surface area contributed by atoms with Gasteiger partial charge in [0.15, 0.2) is 5.25 Å². The number of hydrogen-bond donors (Lipinski definition) is 2. The van der Waals surface area contributed by atoms with Gasteiger partial charge in [0.25, 0.3) is 0 Å². The Bertz CT molecular complexity index is 608. The smallest absolute Gasteiger partial charge is 0.338 e. The molecule has 0 aromatic heterocycles. The Morgan fingerprint density at radius 2 is 1.86 bits per heavy atom. The van der Waals surface area contributed by atoms with Gasteiger partial charge in [0.2, 0.25) is 10.0 Å². The van der Waals surface area contributed by atoms with E-state index in [2.05, 4.69) is 4.72 Å². The maximum atomic E-state index is 11.7. The zero-order valence-corrected chi connectivity index (χ0v) is 12.5. The standard InChI is InChI=1S/C13H17NO6S/c1-3-8-20-13(17)10-4-6-11(7-5-10)14-21(18,19)9(2)12(15)16/h4-7,9,14H,3,8H2,1-2H3,(H,15,16). The van der Waals surface area contributed by atoms with Gasteiger partial charge in [-0.2, -0.15) is 0 Å². The number of esters is 1. The Labute approximate surface area is 123 Å². The summed E-state index contributed by atoms with van der Waals surface area (Å²) in [6.45, 7) is 3.25. The second-order valence-electron chi connectivity index (χ2n) is 4.34. The van der Waals surface area contributed by atoms with E-state index in [9.17, 15) is 18.0 Å². The van der Waals surface area contributed by atoms with E-state index in [-0.39, 0.29) is 11.3 Å². The van der Waals surface area contributed by atoms with Crippen molar-refractivity contribution in [2.75, 3.05) is 11.3 Å². The number of aliphatic carboxylic acids is 1. The summed E-state index contributed by atoms with van der Waals surface area (Å²) in [4.78, 5) is 22.3. The molecule has 116 valence electrons. The van der Waals surface area contributed by atoms with Crippen LogP contribution in [0.5, 0.6) is 0 Å². The number of carbonyl (C=O) groups is 2. The van der Waals surface area contributed by atoms with Crippen molar-refractivity contribution in [2.45, 2.75) is 25.5 Å². The molecular formula is C13H17NO6S. The van der Waals surface area contributed by atoms with E-state index in [4.69, 9.17) is 9.84 Å². The molecular weight excluding hydrogens is 298 g/mol. The summed E-state index contributed by atoms with van der Waals surface area (Å²) < 4.78 is 30.5. The first-order valence-corrected chi connectivity index (χ1v) is 7.84. The highest BCUT2D eigenvalue weighted by Gasteiger charge is 2.27. The number of sulfonamides is 1. The molecule has 0 spiro atoms. The van der Waals surface area contributed by atoms with Crippen molar-refractivity contribution in [1.82, 2.24) is 0 Å². The average molecular weight is 315 g/mol. The van der Waals surface area contributed by atoms with Crippen LogP contribution in [-0.2, 0) is 19.6 Å². The summed E-state index contributed by atoms with van der Waals surface area (Å²) in [6.07, 6.45) is 0.705. The van der Waals surface area contributed by atoms with E-state index in [0.717, 1.165) is 6.92 Å². The topological polar surface area (TPSA) is 110 Å². The SMILES string of the molecule is CCCOC(=O)c1ccc(NS(=O)(=O)C(C)C(=O)O)cc1. The summed E-state index contributed by atoms with van der Waals surface area (Å²) in [7, 11) is -4.03. The molecule has 0 fully saturated rings. The van der Waals surface area contributed by atoms with Crippen molar-refractivity contribution in [3.63, 3.8) is 0 Å². The first-order chi connectivity index (χ1) is 9.77. The number of carboxylic acids is 1. The summed E-state index contributed by atoms with van der Waals surface area (Å²) >= 11 is 0. The van der Waals surface area contributed by atoms with E-state index >= 15 is 0 Å². The van der Waals surface area contributed by atoms with Crippen LogP contribution < -0.4 is 4.72 Å². The number of anilines is 1. The van der Waals surface area contributed by atoms with Gasteiger partial charge in [-0.05, 0) is 37.6 Å². The van der Waals surface area contributed by atoms with E-state index in [1.165, 1.54) is 24.3 Å². The van der Waals surface area contributed by atoms with Gasteiger partial charge < -0.3 is 9.84 Å². The second-order valence-corrected chi connectivity index (χ2v) is 6.34. The molecule has 1 rings (SSSR count). The van der Waals surface area contributed by atoms with Crippen molar-refractivity contribution in [3.8, 4) is 0 Å². The summed E-state index contributed by atoms with van der Waals surface area (Å²) in [5.74, 6) is -1.94. The molecule has 0 amide bonds. The number of carbonyl (C=O) groups excluding carboxylic acids is 1. The van der Waals surface area contributed by atoms with Crippen LogP contribution in [0.4, 0.5) is 5.69 Å². The normalized spacial score (nSPS) is 12.5. The van der Waals surface area contributed by atoms with Crippen molar-refractivity contribution < 1.29 is 27.9 Å². The molecule has 8 heteroatoms. The van der Waals surface area contributed by atoms with Gasteiger partial charge in [0.1, 0.15) is 0 Å². The largest absolute Gasteiger partial charge is 0.480 e. The first-order valence-electron chi connectivity index (χ1n) is 6.29. The van der Waals surface area contributed by atoms with E-state index in [1.807, 2.05) is 6.92 Å². The third-order valence-corrected chi connectivity index (χ3v) is 4.28. The quantitative estimate of drug-likeness (QED) is 0.737. The zero-order valence-electron chi connectivity index (χ0n) is 11.7. The van der Waals surface area contributed by atoms with Crippen LogP contribution in [0.2, 0.25) is 0 Å². The van der Waals surface area contributed by atoms with E-state index in [0.29, 0.717) is 13.0 Å². The lowest BCUT2D eigenvalue weighted by Gasteiger charge is -2.11. The third-order valence-electron chi connectivity index (χ3n) is 2.63. The molecule has 1 aromatic rings. The molecule has 0 saturated carbocycles.